The van der Waals surface area contributed by atoms with Gasteiger partial charge in [-0.3, -0.25) is 9.48 Å². The molecule has 1 N–H and O–H groups in total. The van der Waals surface area contributed by atoms with Crippen LogP contribution >= 0.6 is 0 Å². The van der Waals surface area contributed by atoms with Crippen molar-refractivity contribution in [1.29, 1.82) is 0 Å². The Morgan fingerprint density at radius 1 is 1.13 bits per heavy atom. The summed E-state index contributed by atoms with van der Waals surface area (Å²) in [6.07, 6.45) is 3.05. The van der Waals surface area contributed by atoms with Crippen LogP contribution in [0.1, 0.15) is 42.5 Å². The van der Waals surface area contributed by atoms with E-state index in [4.69, 9.17) is 4.74 Å². The maximum absolute atomic E-state index is 12.6. The highest BCUT2D eigenvalue weighted by Gasteiger charge is 2.24. The van der Waals surface area contributed by atoms with Gasteiger partial charge in [0.1, 0.15) is 4.90 Å². The number of aryl methyl sites for hydroxylation is 3. The van der Waals surface area contributed by atoms with Crippen LogP contribution in [-0.4, -0.2) is 45.5 Å². The number of hydrogen-bond acceptors (Lipinski definition) is 7. The Balaban J connectivity index is 1.77. The van der Waals surface area contributed by atoms with Gasteiger partial charge >= 0.3 is 0 Å². The molecule has 10 nitrogen and oxygen atoms in total. The number of ether oxygens (including phenoxy) is 1. The molecule has 31 heavy (non-hydrogen) atoms. The Kier molecular flexibility index (Phi) is 5.90. The van der Waals surface area contributed by atoms with Crippen LogP contribution in [0, 0.1) is 19.3 Å². The van der Waals surface area contributed by atoms with E-state index in [0.717, 1.165) is 0 Å². The van der Waals surface area contributed by atoms with Crippen molar-refractivity contribution < 1.29 is 17.9 Å². The van der Waals surface area contributed by atoms with Crippen molar-refractivity contribution in [3.63, 3.8) is 0 Å². The highest BCUT2D eigenvalue weighted by atomic mass is 32.2. The maximum Gasteiger partial charge on any atom is 0.267 e. The van der Waals surface area contributed by atoms with E-state index < -0.39 is 15.9 Å². The van der Waals surface area contributed by atoms with Crippen molar-refractivity contribution in [3.8, 4) is 11.7 Å². The molecule has 11 heteroatoms. The van der Waals surface area contributed by atoms with Crippen molar-refractivity contribution >= 4 is 15.9 Å². The van der Waals surface area contributed by atoms with E-state index >= 15 is 0 Å². The molecule has 0 radical (unpaired) electrons. The summed E-state index contributed by atoms with van der Waals surface area (Å²) in [5.41, 5.74) is 0.810. The first-order valence-corrected chi connectivity index (χ1v) is 11.1. The zero-order chi connectivity index (χ0) is 23.0. The molecule has 0 atom stereocenters. The Morgan fingerprint density at radius 2 is 1.84 bits per heavy atom. The van der Waals surface area contributed by atoms with Crippen LogP contribution in [0.4, 0.5) is 0 Å². The van der Waals surface area contributed by atoms with Gasteiger partial charge in [0, 0.05) is 25.5 Å². The van der Waals surface area contributed by atoms with E-state index in [2.05, 4.69) is 40.7 Å². The third-order valence-corrected chi connectivity index (χ3v) is 5.69. The molecule has 0 saturated carbocycles. The summed E-state index contributed by atoms with van der Waals surface area (Å²) in [6, 6.07) is 4.83. The molecule has 0 spiro atoms. The van der Waals surface area contributed by atoms with Crippen LogP contribution in [0.15, 0.2) is 35.5 Å². The number of hydrogen-bond donors (Lipinski definition) is 1. The van der Waals surface area contributed by atoms with Crippen molar-refractivity contribution in [2.24, 2.45) is 12.5 Å². The van der Waals surface area contributed by atoms with E-state index in [9.17, 15) is 13.2 Å². The first-order valence-electron chi connectivity index (χ1n) is 9.60. The minimum Gasteiger partial charge on any atom is -0.476 e. The van der Waals surface area contributed by atoms with Gasteiger partial charge in [-0.1, -0.05) is 20.8 Å². The molecular weight excluding hydrogens is 420 g/mol. The smallest absolute Gasteiger partial charge is 0.267 e. The second kappa shape index (κ2) is 8.14. The zero-order valence-electron chi connectivity index (χ0n) is 18.4. The molecule has 0 aliphatic heterocycles. The lowest BCUT2D eigenvalue weighted by atomic mass is 9.99. The minimum absolute atomic E-state index is 0.00230. The molecule has 0 unspecified atom stereocenters. The van der Waals surface area contributed by atoms with Gasteiger partial charge in [0.15, 0.2) is 5.82 Å². The van der Waals surface area contributed by atoms with Crippen LogP contribution in [0.25, 0.3) is 5.82 Å². The summed E-state index contributed by atoms with van der Waals surface area (Å²) < 4.78 is 35.8. The highest BCUT2D eigenvalue weighted by Crippen LogP contribution is 2.18. The number of nitrogens with one attached hydrogen (secondary N) is 1. The Bertz CT molecular complexity index is 1220. The lowest BCUT2D eigenvalue weighted by Gasteiger charge is -2.17. The molecule has 0 aliphatic carbocycles. The maximum atomic E-state index is 12.6. The van der Waals surface area contributed by atoms with Gasteiger partial charge in [-0.2, -0.15) is 5.10 Å². The quantitative estimate of drug-likeness (QED) is 0.616. The minimum atomic E-state index is -4.06. The number of carbonyl (C=O) groups excluding carboxylic acids is 1. The second-order valence-electron chi connectivity index (χ2n) is 8.44. The molecule has 3 heterocycles. The zero-order valence-corrected chi connectivity index (χ0v) is 19.2. The topological polar surface area (TPSA) is 121 Å². The number of sulfonamides is 1. The summed E-state index contributed by atoms with van der Waals surface area (Å²) in [7, 11) is -2.45. The molecular formula is C20H26N6O4S. The lowest BCUT2D eigenvalue weighted by molar-refractivity contribution is 0.0980. The molecule has 3 aromatic rings. The second-order valence-corrected chi connectivity index (χ2v) is 10.1. The molecule has 166 valence electrons. The van der Waals surface area contributed by atoms with Crippen molar-refractivity contribution in [2.75, 3.05) is 6.61 Å². The summed E-state index contributed by atoms with van der Waals surface area (Å²) >= 11 is 0. The Hall–Kier alpha value is -3.21. The SMILES string of the molecule is Cc1nc(-n2ccc(OCC(C)(C)C)n2)ccc1C(=O)NS(=O)(=O)c1cn(C)nc1C. The van der Waals surface area contributed by atoms with E-state index in [1.165, 1.54) is 21.6 Å². The highest BCUT2D eigenvalue weighted by molar-refractivity contribution is 7.90. The number of carbonyl (C=O) groups is 1. The first kappa shape index (κ1) is 22.5. The van der Waals surface area contributed by atoms with Crippen LogP contribution in [0.2, 0.25) is 0 Å². The fourth-order valence-corrected chi connectivity index (χ4v) is 3.98. The third-order valence-electron chi connectivity index (χ3n) is 4.25. The van der Waals surface area contributed by atoms with Gasteiger partial charge in [-0.05, 0) is 31.4 Å². The van der Waals surface area contributed by atoms with Gasteiger partial charge < -0.3 is 4.74 Å². The molecule has 3 aromatic heterocycles. The van der Waals surface area contributed by atoms with Crippen LogP contribution in [-0.2, 0) is 17.1 Å². The Labute approximate surface area is 181 Å². The fraction of sp³-hybridized carbons (Fsp3) is 0.400. The van der Waals surface area contributed by atoms with E-state index in [-0.39, 0.29) is 15.9 Å². The molecule has 0 aliphatic rings. The number of nitrogens with zero attached hydrogens (tertiary/aromatic N) is 5. The number of amides is 1. The van der Waals surface area contributed by atoms with Crippen LogP contribution in [0.3, 0.4) is 0 Å². The lowest BCUT2D eigenvalue weighted by Crippen LogP contribution is -2.31. The number of aromatic nitrogens is 5. The largest absolute Gasteiger partial charge is 0.476 e. The summed E-state index contributed by atoms with van der Waals surface area (Å²) in [4.78, 5) is 16.9. The van der Waals surface area contributed by atoms with Crippen LogP contribution in [0.5, 0.6) is 5.88 Å². The monoisotopic (exact) mass is 446 g/mol. The molecule has 1 amide bonds. The van der Waals surface area contributed by atoms with Crippen molar-refractivity contribution in [2.45, 2.75) is 39.5 Å². The summed E-state index contributed by atoms with van der Waals surface area (Å²) in [5, 5.41) is 8.34. The third kappa shape index (κ3) is 5.29. The average molecular weight is 447 g/mol. The van der Waals surface area contributed by atoms with Crippen molar-refractivity contribution in [1.82, 2.24) is 29.3 Å². The van der Waals surface area contributed by atoms with Gasteiger partial charge in [-0.15, -0.1) is 5.10 Å². The van der Waals surface area contributed by atoms with Gasteiger partial charge in [0.05, 0.1) is 23.6 Å². The van der Waals surface area contributed by atoms with E-state index in [0.29, 0.717) is 29.7 Å². The molecule has 0 bridgehead atoms. The predicted octanol–water partition coefficient (Wildman–Crippen LogP) is 2.16. The Morgan fingerprint density at radius 3 is 2.42 bits per heavy atom. The van der Waals surface area contributed by atoms with Crippen LogP contribution < -0.4 is 9.46 Å². The van der Waals surface area contributed by atoms with Gasteiger partial charge in [0.25, 0.3) is 15.9 Å². The fourth-order valence-electron chi connectivity index (χ4n) is 2.79. The van der Waals surface area contributed by atoms with Gasteiger partial charge in [-0.25, -0.2) is 22.8 Å². The molecule has 0 aromatic carbocycles. The van der Waals surface area contributed by atoms with E-state index in [1.807, 2.05) is 0 Å². The normalized spacial score (nSPS) is 12.1. The average Bonchev–Trinajstić information content (AvgIpc) is 3.25. The summed E-state index contributed by atoms with van der Waals surface area (Å²) in [6.45, 7) is 9.89. The molecule has 0 saturated heterocycles. The molecule has 3 rings (SSSR count). The van der Waals surface area contributed by atoms with Crippen molar-refractivity contribution in [3.05, 3.63) is 47.5 Å². The van der Waals surface area contributed by atoms with E-state index in [1.54, 1.807) is 39.2 Å². The molecule has 0 fully saturated rings. The first-order chi connectivity index (χ1) is 14.4. The number of pyridine rings is 1. The number of rotatable bonds is 6. The predicted molar refractivity (Wildman–Crippen MR) is 114 cm³/mol. The summed E-state index contributed by atoms with van der Waals surface area (Å²) in [5.74, 6) is 0.175. The van der Waals surface area contributed by atoms with Gasteiger partial charge in [0.2, 0.25) is 5.88 Å². The standard InChI is InChI=1S/C20H26N6O4S/c1-13-15(19(27)24-31(28,29)16-11-25(6)22-14(16)2)7-8-17(21-13)26-10-9-18(23-26)30-12-20(3,4)5/h7-11H,12H2,1-6H3,(H,24,27).